The minimum atomic E-state index is 0.656. The number of rotatable bonds is 2. The van der Waals surface area contributed by atoms with Crippen molar-refractivity contribution in [2.75, 3.05) is 5.73 Å². The first-order valence-electron chi connectivity index (χ1n) is 4.58. The second kappa shape index (κ2) is 3.21. The van der Waals surface area contributed by atoms with Crippen molar-refractivity contribution >= 4 is 5.82 Å². The van der Waals surface area contributed by atoms with Crippen LogP contribution in [0.15, 0.2) is 22.8 Å². The van der Waals surface area contributed by atoms with Gasteiger partial charge < -0.3 is 10.2 Å². The van der Waals surface area contributed by atoms with Gasteiger partial charge in [-0.15, -0.1) is 0 Å². The Balaban J connectivity index is 2.49. The van der Waals surface area contributed by atoms with Gasteiger partial charge in [-0.1, -0.05) is 6.92 Å². The van der Waals surface area contributed by atoms with Gasteiger partial charge in [0.05, 0.1) is 12.0 Å². The number of nitrogen functional groups attached to an aromatic ring is 1. The Morgan fingerprint density at radius 3 is 2.93 bits per heavy atom. The van der Waals surface area contributed by atoms with Crippen LogP contribution in [0.25, 0.3) is 11.3 Å². The standard InChI is InChI=1S/C10H13N3O/c1-3-9-7(4-5-14-9)8-6-10(11)13(2)12-8/h4-6H,3,11H2,1-2H3. The molecule has 0 atom stereocenters. The zero-order valence-electron chi connectivity index (χ0n) is 8.32. The minimum Gasteiger partial charge on any atom is -0.469 e. The van der Waals surface area contributed by atoms with Gasteiger partial charge in [-0.3, -0.25) is 4.68 Å². The van der Waals surface area contributed by atoms with Crippen LogP contribution in [0.1, 0.15) is 12.7 Å². The lowest BCUT2D eigenvalue weighted by atomic mass is 10.1. The van der Waals surface area contributed by atoms with E-state index in [0.717, 1.165) is 23.4 Å². The Hall–Kier alpha value is -1.71. The van der Waals surface area contributed by atoms with Crippen LogP contribution in [-0.4, -0.2) is 9.78 Å². The number of hydrogen-bond donors (Lipinski definition) is 1. The van der Waals surface area contributed by atoms with E-state index in [1.165, 1.54) is 0 Å². The fraction of sp³-hybridized carbons (Fsp3) is 0.300. The van der Waals surface area contributed by atoms with Crippen molar-refractivity contribution in [2.45, 2.75) is 13.3 Å². The summed E-state index contributed by atoms with van der Waals surface area (Å²) in [6.45, 7) is 2.05. The van der Waals surface area contributed by atoms with E-state index >= 15 is 0 Å². The summed E-state index contributed by atoms with van der Waals surface area (Å²) in [4.78, 5) is 0. The van der Waals surface area contributed by atoms with Gasteiger partial charge in [0.25, 0.3) is 0 Å². The van der Waals surface area contributed by atoms with E-state index in [9.17, 15) is 0 Å². The van der Waals surface area contributed by atoms with Gasteiger partial charge in [-0.25, -0.2) is 0 Å². The van der Waals surface area contributed by atoms with Gasteiger partial charge >= 0.3 is 0 Å². The maximum absolute atomic E-state index is 5.71. The Kier molecular flexibility index (Phi) is 2.04. The van der Waals surface area contributed by atoms with E-state index in [4.69, 9.17) is 10.2 Å². The van der Waals surface area contributed by atoms with Gasteiger partial charge in [0, 0.05) is 25.1 Å². The van der Waals surface area contributed by atoms with Gasteiger partial charge in [0.1, 0.15) is 11.6 Å². The normalized spacial score (nSPS) is 10.7. The SMILES string of the molecule is CCc1occc1-c1cc(N)n(C)n1. The van der Waals surface area contributed by atoms with Crippen LogP contribution >= 0.6 is 0 Å². The molecule has 0 aliphatic rings. The molecule has 0 saturated heterocycles. The molecule has 0 aromatic carbocycles. The van der Waals surface area contributed by atoms with Crippen LogP contribution in [0.2, 0.25) is 0 Å². The topological polar surface area (TPSA) is 57.0 Å². The number of anilines is 1. The van der Waals surface area contributed by atoms with Crippen molar-refractivity contribution in [1.29, 1.82) is 0 Å². The second-order valence-corrected chi connectivity index (χ2v) is 3.19. The lowest BCUT2D eigenvalue weighted by Crippen LogP contribution is -1.96. The van der Waals surface area contributed by atoms with Crippen LogP contribution in [-0.2, 0) is 13.5 Å². The molecular formula is C10H13N3O. The molecule has 0 aliphatic carbocycles. The highest BCUT2D eigenvalue weighted by atomic mass is 16.3. The summed E-state index contributed by atoms with van der Waals surface area (Å²) in [6, 6.07) is 3.77. The van der Waals surface area contributed by atoms with Crippen molar-refractivity contribution in [1.82, 2.24) is 9.78 Å². The summed E-state index contributed by atoms with van der Waals surface area (Å²) in [7, 11) is 1.82. The van der Waals surface area contributed by atoms with Crippen molar-refractivity contribution in [3.63, 3.8) is 0 Å². The smallest absolute Gasteiger partial charge is 0.121 e. The van der Waals surface area contributed by atoms with E-state index in [1.807, 2.05) is 19.2 Å². The average Bonchev–Trinajstić information content (AvgIpc) is 2.73. The maximum Gasteiger partial charge on any atom is 0.121 e. The van der Waals surface area contributed by atoms with E-state index in [0.29, 0.717) is 5.82 Å². The van der Waals surface area contributed by atoms with Crippen LogP contribution in [0.3, 0.4) is 0 Å². The number of aryl methyl sites for hydroxylation is 2. The fourth-order valence-electron chi connectivity index (χ4n) is 1.46. The van der Waals surface area contributed by atoms with Crippen LogP contribution in [0.5, 0.6) is 0 Å². The molecular weight excluding hydrogens is 178 g/mol. The first-order valence-corrected chi connectivity index (χ1v) is 4.58. The molecule has 0 spiro atoms. The Morgan fingerprint density at radius 1 is 1.57 bits per heavy atom. The molecule has 0 aliphatic heterocycles. The molecule has 2 rings (SSSR count). The van der Waals surface area contributed by atoms with E-state index in [2.05, 4.69) is 12.0 Å². The number of hydrogen-bond acceptors (Lipinski definition) is 3. The summed E-state index contributed by atoms with van der Waals surface area (Å²) >= 11 is 0. The molecule has 2 heterocycles. The quantitative estimate of drug-likeness (QED) is 0.787. The summed E-state index contributed by atoms with van der Waals surface area (Å²) < 4.78 is 6.98. The summed E-state index contributed by atoms with van der Waals surface area (Å²) in [6.07, 6.45) is 2.54. The highest BCUT2D eigenvalue weighted by Gasteiger charge is 2.10. The van der Waals surface area contributed by atoms with E-state index < -0.39 is 0 Å². The Labute approximate surface area is 82.3 Å². The van der Waals surface area contributed by atoms with Gasteiger partial charge in [0.2, 0.25) is 0 Å². The highest BCUT2D eigenvalue weighted by molar-refractivity contribution is 5.64. The molecule has 0 radical (unpaired) electrons. The first-order chi connectivity index (χ1) is 6.72. The first kappa shape index (κ1) is 8.87. The van der Waals surface area contributed by atoms with Gasteiger partial charge in [-0.2, -0.15) is 5.10 Å². The predicted octanol–water partition coefficient (Wildman–Crippen LogP) is 1.82. The third kappa shape index (κ3) is 1.28. The van der Waals surface area contributed by atoms with Crippen molar-refractivity contribution in [3.05, 3.63) is 24.2 Å². The van der Waals surface area contributed by atoms with Crippen molar-refractivity contribution in [2.24, 2.45) is 7.05 Å². The second-order valence-electron chi connectivity index (χ2n) is 3.19. The molecule has 2 N–H and O–H groups in total. The lowest BCUT2D eigenvalue weighted by molar-refractivity contribution is 0.517. The number of nitrogens with zero attached hydrogens (tertiary/aromatic N) is 2. The van der Waals surface area contributed by atoms with Crippen LogP contribution < -0.4 is 5.73 Å². The minimum absolute atomic E-state index is 0.656. The number of nitrogens with two attached hydrogens (primary N) is 1. The highest BCUT2D eigenvalue weighted by Crippen LogP contribution is 2.25. The summed E-state index contributed by atoms with van der Waals surface area (Å²) in [5, 5.41) is 4.29. The zero-order chi connectivity index (χ0) is 10.1. The van der Waals surface area contributed by atoms with Crippen LogP contribution in [0, 0.1) is 0 Å². The van der Waals surface area contributed by atoms with Gasteiger partial charge in [-0.05, 0) is 6.07 Å². The van der Waals surface area contributed by atoms with E-state index in [-0.39, 0.29) is 0 Å². The zero-order valence-corrected chi connectivity index (χ0v) is 8.32. The summed E-state index contributed by atoms with van der Waals surface area (Å²) in [5.74, 6) is 1.60. The molecule has 0 fully saturated rings. The van der Waals surface area contributed by atoms with Crippen molar-refractivity contribution < 1.29 is 4.42 Å². The third-order valence-corrected chi connectivity index (χ3v) is 2.26. The molecule has 0 unspecified atom stereocenters. The molecule has 2 aromatic heterocycles. The molecule has 14 heavy (non-hydrogen) atoms. The Bertz CT molecular complexity index is 422. The fourth-order valence-corrected chi connectivity index (χ4v) is 1.46. The largest absolute Gasteiger partial charge is 0.469 e. The molecule has 4 heteroatoms. The number of furan rings is 1. The molecule has 0 amide bonds. The molecule has 74 valence electrons. The third-order valence-electron chi connectivity index (χ3n) is 2.26. The Morgan fingerprint density at radius 2 is 2.36 bits per heavy atom. The van der Waals surface area contributed by atoms with Crippen LogP contribution in [0.4, 0.5) is 5.82 Å². The molecule has 0 bridgehead atoms. The molecule has 2 aromatic rings. The predicted molar refractivity (Wildman–Crippen MR) is 54.7 cm³/mol. The lowest BCUT2D eigenvalue weighted by Gasteiger charge is -1.94. The number of aromatic nitrogens is 2. The van der Waals surface area contributed by atoms with Gasteiger partial charge in [0.15, 0.2) is 0 Å². The van der Waals surface area contributed by atoms with E-state index in [1.54, 1.807) is 10.9 Å². The molecule has 4 nitrogen and oxygen atoms in total. The summed E-state index contributed by atoms with van der Waals surface area (Å²) in [5.41, 5.74) is 7.61. The monoisotopic (exact) mass is 191 g/mol. The average molecular weight is 191 g/mol. The van der Waals surface area contributed by atoms with Crippen molar-refractivity contribution in [3.8, 4) is 11.3 Å². The maximum atomic E-state index is 5.71. The molecule has 0 saturated carbocycles.